The summed E-state index contributed by atoms with van der Waals surface area (Å²) in [6, 6.07) is 13.9. The molecule has 2 aromatic carbocycles. The van der Waals surface area contributed by atoms with Crippen LogP contribution in [-0.2, 0) is 17.6 Å². The number of halogens is 2. The topological polar surface area (TPSA) is 54.9 Å². The standard InChI is InChI=1S/C20H17FIN3O/c1-2-17-20(25-19(26)11-13-3-9-16(22)10-4-13)23-12-18(24-17)14-5-7-15(21)8-6-14/h3-10,12H,2,11H2,1H3,(H,23,25,26). The summed E-state index contributed by atoms with van der Waals surface area (Å²) >= 11 is 2.23. The monoisotopic (exact) mass is 461 g/mol. The fourth-order valence-electron chi connectivity index (χ4n) is 2.50. The lowest BCUT2D eigenvalue weighted by Crippen LogP contribution is -2.17. The number of nitrogens with zero attached hydrogens (tertiary/aromatic N) is 2. The van der Waals surface area contributed by atoms with Crippen LogP contribution >= 0.6 is 22.6 Å². The second-order valence-electron chi connectivity index (χ2n) is 5.76. The highest BCUT2D eigenvalue weighted by atomic mass is 127. The van der Waals surface area contributed by atoms with Gasteiger partial charge in [0, 0.05) is 9.13 Å². The number of nitrogens with one attached hydrogen (secondary N) is 1. The summed E-state index contributed by atoms with van der Waals surface area (Å²) < 4.78 is 14.2. The molecule has 4 nitrogen and oxygen atoms in total. The molecule has 1 N–H and O–H groups in total. The van der Waals surface area contributed by atoms with Crippen molar-refractivity contribution >= 4 is 34.3 Å². The molecular weight excluding hydrogens is 444 g/mol. The molecule has 1 aromatic heterocycles. The molecule has 3 rings (SSSR count). The number of hydrogen-bond acceptors (Lipinski definition) is 3. The molecule has 6 heteroatoms. The number of benzene rings is 2. The molecule has 0 aliphatic carbocycles. The van der Waals surface area contributed by atoms with Crippen molar-refractivity contribution in [3.8, 4) is 11.3 Å². The lowest BCUT2D eigenvalue weighted by Gasteiger charge is -2.10. The number of carbonyl (C=O) groups is 1. The quantitative estimate of drug-likeness (QED) is 0.564. The van der Waals surface area contributed by atoms with Gasteiger partial charge in [0.2, 0.25) is 5.91 Å². The Morgan fingerprint density at radius 1 is 1.12 bits per heavy atom. The van der Waals surface area contributed by atoms with E-state index >= 15 is 0 Å². The second kappa shape index (κ2) is 8.35. The van der Waals surface area contributed by atoms with Crippen LogP contribution in [0.3, 0.4) is 0 Å². The van der Waals surface area contributed by atoms with Gasteiger partial charge in [0.25, 0.3) is 0 Å². The third kappa shape index (κ3) is 4.63. The maximum atomic E-state index is 13.1. The Hall–Kier alpha value is -2.35. The van der Waals surface area contributed by atoms with E-state index < -0.39 is 0 Å². The summed E-state index contributed by atoms with van der Waals surface area (Å²) in [5, 5.41) is 2.84. The molecule has 0 saturated carbocycles. The summed E-state index contributed by atoms with van der Waals surface area (Å²) in [6.45, 7) is 1.95. The first-order valence-corrected chi connectivity index (χ1v) is 9.29. The van der Waals surface area contributed by atoms with Gasteiger partial charge in [0.15, 0.2) is 5.82 Å². The Kier molecular flexibility index (Phi) is 5.92. The number of amides is 1. The van der Waals surface area contributed by atoms with Crippen LogP contribution in [0.4, 0.5) is 10.2 Å². The molecule has 0 aliphatic heterocycles. The molecule has 0 unspecified atom stereocenters. The van der Waals surface area contributed by atoms with Crippen molar-refractivity contribution in [3.63, 3.8) is 0 Å². The summed E-state index contributed by atoms with van der Waals surface area (Å²) in [6.07, 6.45) is 2.50. The molecule has 0 fully saturated rings. The molecule has 0 saturated heterocycles. The molecule has 26 heavy (non-hydrogen) atoms. The van der Waals surface area contributed by atoms with Gasteiger partial charge in [-0.2, -0.15) is 0 Å². The van der Waals surface area contributed by atoms with Crippen molar-refractivity contribution in [1.29, 1.82) is 0 Å². The van der Waals surface area contributed by atoms with Crippen LogP contribution in [-0.4, -0.2) is 15.9 Å². The molecule has 0 radical (unpaired) electrons. The Morgan fingerprint density at radius 2 is 1.81 bits per heavy atom. The number of aromatic nitrogens is 2. The molecule has 0 spiro atoms. The number of aryl methyl sites for hydroxylation is 1. The second-order valence-corrected chi connectivity index (χ2v) is 7.01. The predicted molar refractivity (Wildman–Crippen MR) is 108 cm³/mol. The van der Waals surface area contributed by atoms with Crippen LogP contribution in [0.5, 0.6) is 0 Å². The molecule has 1 heterocycles. The van der Waals surface area contributed by atoms with E-state index in [1.165, 1.54) is 12.1 Å². The fraction of sp³-hybridized carbons (Fsp3) is 0.150. The van der Waals surface area contributed by atoms with Gasteiger partial charge in [-0.05, 0) is 71.0 Å². The number of carbonyl (C=O) groups excluding carboxylic acids is 1. The van der Waals surface area contributed by atoms with Crippen molar-refractivity contribution in [2.75, 3.05) is 5.32 Å². The lowest BCUT2D eigenvalue weighted by molar-refractivity contribution is -0.115. The third-order valence-corrected chi connectivity index (χ3v) is 4.57. The molecule has 3 aromatic rings. The summed E-state index contributed by atoms with van der Waals surface area (Å²) in [4.78, 5) is 21.2. The minimum Gasteiger partial charge on any atom is -0.309 e. The van der Waals surface area contributed by atoms with Crippen molar-refractivity contribution in [1.82, 2.24) is 9.97 Å². The predicted octanol–water partition coefficient (Wildman–Crippen LogP) is 4.63. The Bertz CT molecular complexity index is 911. The van der Waals surface area contributed by atoms with Gasteiger partial charge >= 0.3 is 0 Å². The van der Waals surface area contributed by atoms with Crippen LogP contribution in [0.15, 0.2) is 54.7 Å². The zero-order valence-corrected chi connectivity index (χ0v) is 16.3. The van der Waals surface area contributed by atoms with Crippen LogP contribution in [0.2, 0.25) is 0 Å². The van der Waals surface area contributed by atoms with E-state index in [4.69, 9.17) is 0 Å². The lowest BCUT2D eigenvalue weighted by atomic mass is 10.1. The highest BCUT2D eigenvalue weighted by molar-refractivity contribution is 14.1. The van der Waals surface area contributed by atoms with Gasteiger partial charge in [-0.1, -0.05) is 19.1 Å². The minimum absolute atomic E-state index is 0.134. The summed E-state index contributed by atoms with van der Waals surface area (Å²) in [7, 11) is 0. The van der Waals surface area contributed by atoms with Gasteiger partial charge in [-0.3, -0.25) is 4.79 Å². The average molecular weight is 461 g/mol. The smallest absolute Gasteiger partial charge is 0.229 e. The van der Waals surface area contributed by atoms with Crippen molar-refractivity contribution < 1.29 is 9.18 Å². The largest absolute Gasteiger partial charge is 0.309 e. The van der Waals surface area contributed by atoms with Gasteiger partial charge in [-0.15, -0.1) is 0 Å². The minimum atomic E-state index is -0.295. The van der Waals surface area contributed by atoms with Crippen LogP contribution in [0.1, 0.15) is 18.2 Å². The van der Waals surface area contributed by atoms with Gasteiger partial charge in [0.1, 0.15) is 5.82 Å². The number of anilines is 1. The van der Waals surface area contributed by atoms with Crippen LogP contribution < -0.4 is 5.32 Å². The van der Waals surface area contributed by atoms with E-state index in [0.717, 1.165) is 14.7 Å². The van der Waals surface area contributed by atoms with Gasteiger partial charge in [0.05, 0.1) is 24.0 Å². The van der Waals surface area contributed by atoms with Gasteiger partial charge in [-0.25, -0.2) is 14.4 Å². The van der Waals surface area contributed by atoms with Crippen molar-refractivity contribution in [2.24, 2.45) is 0 Å². The van der Waals surface area contributed by atoms with E-state index in [1.807, 2.05) is 31.2 Å². The Balaban J connectivity index is 1.76. The summed E-state index contributed by atoms with van der Waals surface area (Å²) in [5.74, 6) is 0.0375. The van der Waals surface area contributed by atoms with Crippen molar-refractivity contribution in [2.45, 2.75) is 19.8 Å². The molecular formula is C20H17FIN3O. The Morgan fingerprint density at radius 3 is 2.46 bits per heavy atom. The zero-order chi connectivity index (χ0) is 18.5. The maximum Gasteiger partial charge on any atom is 0.229 e. The fourth-order valence-corrected chi connectivity index (χ4v) is 2.86. The van der Waals surface area contributed by atoms with Crippen molar-refractivity contribution in [3.05, 3.63) is 75.4 Å². The number of hydrogen-bond donors (Lipinski definition) is 1. The average Bonchev–Trinajstić information content (AvgIpc) is 2.64. The normalized spacial score (nSPS) is 10.6. The summed E-state index contributed by atoms with van der Waals surface area (Å²) in [5.41, 5.74) is 3.07. The first-order chi connectivity index (χ1) is 12.5. The highest BCUT2D eigenvalue weighted by Gasteiger charge is 2.11. The van der Waals surface area contributed by atoms with Crippen LogP contribution in [0.25, 0.3) is 11.3 Å². The molecule has 0 atom stereocenters. The van der Waals surface area contributed by atoms with Gasteiger partial charge < -0.3 is 5.32 Å². The highest BCUT2D eigenvalue weighted by Crippen LogP contribution is 2.20. The molecule has 132 valence electrons. The van der Waals surface area contributed by atoms with E-state index in [0.29, 0.717) is 23.6 Å². The SMILES string of the molecule is CCc1nc(-c2ccc(F)cc2)cnc1NC(=O)Cc1ccc(I)cc1. The molecule has 1 amide bonds. The van der Waals surface area contributed by atoms with E-state index in [9.17, 15) is 9.18 Å². The Labute approximate surface area is 165 Å². The first-order valence-electron chi connectivity index (χ1n) is 8.21. The molecule has 0 aliphatic rings. The first kappa shape index (κ1) is 18.4. The van der Waals surface area contributed by atoms with Crippen LogP contribution in [0, 0.1) is 9.39 Å². The molecule has 0 bridgehead atoms. The zero-order valence-electron chi connectivity index (χ0n) is 14.2. The van der Waals surface area contributed by atoms with E-state index in [-0.39, 0.29) is 18.1 Å². The number of rotatable bonds is 5. The van der Waals surface area contributed by atoms with E-state index in [1.54, 1.807) is 18.3 Å². The maximum absolute atomic E-state index is 13.1. The van der Waals surface area contributed by atoms with E-state index in [2.05, 4.69) is 37.9 Å². The third-order valence-electron chi connectivity index (χ3n) is 3.86.